The molecule has 0 amide bonds. The summed E-state index contributed by atoms with van der Waals surface area (Å²) in [6.45, 7) is 0. The van der Waals surface area contributed by atoms with Crippen LogP contribution in [0.1, 0.15) is 11.1 Å². The molecule has 0 radical (unpaired) electrons. The van der Waals surface area contributed by atoms with E-state index in [1.807, 2.05) is 42.5 Å². The number of rotatable bonds is 3. The van der Waals surface area contributed by atoms with Crippen molar-refractivity contribution in [3.63, 3.8) is 0 Å². The smallest absolute Gasteiger partial charge is 0.118 e. The minimum Gasteiger partial charge on any atom is -0.497 e. The lowest BCUT2D eigenvalue weighted by molar-refractivity contribution is 0.415. The third-order valence-corrected chi connectivity index (χ3v) is 2.13. The van der Waals surface area contributed by atoms with Gasteiger partial charge in [-0.05, 0) is 23.8 Å². The number of ether oxygens (including phenoxy) is 1. The predicted octanol–water partition coefficient (Wildman–Crippen LogP) is 3.46. The van der Waals surface area contributed by atoms with Gasteiger partial charge in [-0.1, -0.05) is 24.3 Å². The second-order valence-corrected chi connectivity index (χ2v) is 3.16. The van der Waals surface area contributed by atoms with Crippen molar-refractivity contribution in [1.82, 2.24) is 0 Å². The molecule has 76 valence electrons. The van der Waals surface area contributed by atoms with E-state index in [0.717, 1.165) is 16.9 Å². The molecule has 0 spiro atoms. The Morgan fingerprint density at radius 3 is 2.33 bits per heavy atom. The van der Waals surface area contributed by atoms with Crippen LogP contribution in [-0.4, -0.2) is 7.11 Å². The molecule has 0 N–H and O–H groups in total. The highest BCUT2D eigenvalue weighted by molar-refractivity contribution is 5.69. The average molecular weight is 200 g/mol. The molecular formula is C13H12O2. The van der Waals surface area contributed by atoms with Crippen LogP contribution in [0.5, 0.6) is 5.75 Å². The minimum absolute atomic E-state index is 0.871. The van der Waals surface area contributed by atoms with Crippen LogP contribution < -0.4 is 4.74 Å². The van der Waals surface area contributed by atoms with E-state index in [2.05, 4.69) is 0 Å². The van der Waals surface area contributed by atoms with Gasteiger partial charge in [0.25, 0.3) is 0 Å². The van der Waals surface area contributed by atoms with Gasteiger partial charge in [0.05, 0.1) is 19.6 Å². The van der Waals surface area contributed by atoms with Gasteiger partial charge in [-0.25, -0.2) is 0 Å². The van der Waals surface area contributed by atoms with E-state index in [0.29, 0.717) is 0 Å². The van der Waals surface area contributed by atoms with Crippen LogP contribution in [0.2, 0.25) is 0 Å². The molecule has 0 saturated heterocycles. The second kappa shape index (κ2) is 4.51. The molecule has 15 heavy (non-hydrogen) atoms. The van der Waals surface area contributed by atoms with E-state index in [1.165, 1.54) is 0 Å². The first kappa shape index (κ1) is 9.59. The van der Waals surface area contributed by atoms with Crippen molar-refractivity contribution in [3.8, 4) is 5.75 Å². The molecule has 0 aliphatic rings. The highest BCUT2D eigenvalue weighted by Crippen LogP contribution is 2.13. The zero-order valence-electron chi connectivity index (χ0n) is 8.51. The summed E-state index contributed by atoms with van der Waals surface area (Å²) in [6.07, 6.45) is 7.41. The summed E-state index contributed by atoms with van der Waals surface area (Å²) in [5.74, 6) is 0.871. The van der Waals surface area contributed by atoms with Crippen molar-refractivity contribution >= 4 is 12.2 Å². The Kier molecular flexibility index (Phi) is 2.88. The van der Waals surface area contributed by atoms with Gasteiger partial charge >= 0.3 is 0 Å². The van der Waals surface area contributed by atoms with Crippen LogP contribution >= 0.6 is 0 Å². The van der Waals surface area contributed by atoms with E-state index >= 15 is 0 Å². The van der Waals surface area contributed by atoms with Gasteiger partial charge in [0.15, 0.2) is 0 Å². The Balaban J connectivity index is 2.11. The molecule has 2 aromatic rings. The standard InChI is InChI=1S/C13H12O2/c1-14-13-6-4-11(5-7-13)2-3-12-8-9-15-10-12/h2-10H,1H3/b3-2+. The summed E-state index contributed by atoms with van der Waals surface area (Å²) in [5.41, 5.74) is 2.20. The summed E-state index contributed by atoms with van der Waals surface area (Å²) >= 11 is 0. The van der Waals surface area contributed by atoms with Gasteiger partial charge in [0.2, 0.25) is 0 Å². The fourth-order valence-electron chi connectivity index (χ4n) is 1.28. The van der Waals surface area contributed by atoms with Crippen molar-refractivity contribution in [2.45, 2.75) is 0 Å². The number of benzene rings is 1. The first-order chi connectivity index (χ1) is 7.38. The van der Waals surface area contributed by atoms with Crippen LogP contribution in [0.3, 0.4) is 0 Å². The minimum atomic E-state index is 0.871. The van der Waals surface area contributed by atoms with Gasteiger partial charge in [-0.3, -0.25) is 0 Å². The molecule has 1 heterocycles. The molecule has 1 aromatic carbocycles. The molecule has 0 unspecified atom stereocenters. The Morgan fingerprint density at radius 2 is 1.73 bits per heavy atom. The van der Waals surface area contributed by atoms with Crippen LogP contribution in [0.15, 0.2) is 47.3 Å². The van der Waals surface area contributed by atoms with Crippen LogP contribution in [0.4, 0.5) is 0 Å². The van der Waals surface area contributed by atoms with Crippen LogP contribution in [-0.2, 0) is 0 Å². The predicted molar refractivity (Wildman–Crippen MR) is 60.6 cm³/mol. The van der Waals surface area contributed by atoms with Gasteiger partial charge in [0, 0.05) is 5.56 Å². The van der Waals surface area contributed by atoms with Crippen molar-refractivity contribution in [3.05, 3.63) is 54.0 Å². The Morgan fingerprint density at radius 1 is 1.00 bits per heavy atom. The topological polar surface area (TPSA) is 22.4 Å². The molecule has 0 aliphatic heterocycles. The van der Waals surface area contributed by atoms with Crippen LogP contribution in [0, 0.1) is 0 Å². The molecule has 0 aliphatic carbocycles. The van der Waals surface area contributed by atoms with Gasteiger partial charge in [-0.15, -0.1) is 0 Å². The summed E-state index contributed by atoms with van der Waals surface area (Å²) < 4.78 is 10.0. The third kappa shape index (κ3) is 2.50. The van der Waals surface area contributed by atoms with Crippen molar-refractivity contribution in [2.75, 3.05) is 7.11 Å². The van der Waals surface area contributed by atoms with Gasteiger partial charge in [-0.2, -0.15) is 0 Å². The molecule has 0 bridgehead atoms. The SMILES string of the molecule is COc1ccc(/C=C/c2ccoc2)cc1. The zero-order valence-corrected chi connectivity index (χ0v) is 8.51. The fourth-order valence-corrected chi connectivity index (χ4v) is 1.28. The number of hydrogen-bond acceptors (Lipinski definition) is 2. The lowest BCUT2D eigenvalue weighted by Crippen LogP contribution is -1.81. The maximum absolute atomic E-state index is 5.08. The Hall–Kier alpha value is -1.96. The van der Waals surface area contributed by atoms with Crippen molar-refractivity contribution in [1.29, 1.82) is 0 Å². The number of methoxy groups -OCH3 is 1. The van der Waals surface area contributed by atoms with E-state index in [-0.39, 0.29) is 0 Å². The third-order valence-electron chi connectivity index (χ3n) is 2.13. The van der Waals surface area contributed by atoms with Crippen molar-refractivity contribution in [2.24, 2.45) is 0 Å². The summed E-state index contributed by atoms with van der Waals surface area (Å²) in [6, 6.07) is 9.81. The first-order valence-corrected chi connectivity index (χ1v) is 4.73. The molecule has 0 fully saturated rings. The zero-order chi connectivity index (χ0) is 10.5. The van der Waals surface area contributed by atoms with E-state index in [4.69, 9.17) is 9.15 Å². The van der Waals surface area contributed by atoms with E-state index in [9.17, 15) is 0 Å². The number of furan rings is 1. The molecular weight excluding hydrogens is 188 g/mol. The van der Waals surface area contributed by atoms with E-state index in [1.54, 1.807) is 19.6 Å². The largest absolute Gasteiger partial charge is 0.497 e. The molecule has 2 rings (SSSR count). The lowest BCUT2D eigenvalue weighted by Gasteiger charge is -1.98. The molecule has 2 heteroatoms. The monoisotopic (exact) mass is 200 g/mol. The molecule has 1 aromatic heterocycles. The summed E-state index contributed by atoms with van der Waals surface area (Å²) in [7, 11) is 1.66. The maximum Gasteiger partial charge on any atom is 0.118 e. The summed E-state index contributed by atoms with van der Waals surface area (Å²) in [4.78, 5) is 0. The number of hydrogen-bond donors (Lipinski definition) is 0. The normalized spacial score (nSPS) is 10.7. The van der Waals surface area contributed by atoms with E-state index < -0.39 is 0 Å². The highest BCUT2D eigenvalue weighted by atomic mass is 16.5. The quantitative estimate of drug-likeness (QED) is 0.757. The highest BCUT2D eigenvalue weighted by Gasteiger charge is 1.91. The molecule has 2 nitrogen and oxygen atoms in total. The molecule has 0 saturated carbocycles. The van der Waals surface area contributed by atoms with Gasteiger partial charge < -0.3 is 9.15 Å². The first-order valence-electron chi connectivity index (χ1n) is 4.73. The van der Waals surface area contributed by atoms with Gasteiger partial charge in [0.1, 0.15) is 5.75 Å². The second-order valence-electron chi connectivity index (χ2n) is 3.16. The van der Waals surface area contributed by atoms with Crippen LogP contribution in [0.25, 0.3) is 12.2 Å². The van der Waals surface area contributed by atoms with Crippen molar-refractivity contribution < 1.29 is 9.15 Å². The Bertz CT molecular complexity index is 424. The maximum atomic E-state index is 5.08. The Labute approximate surface area is 88.8 Å². The molecule has 0 atom stereocenters. The fraction of sp³-hybridized carbons (Fsp3) is 0.0769. The lowest BCUT2D eigenvalue weighted by atomic mass is 10.2. The average Bonchev–Trinajstić information content (AvgIpc) is 2.80. The summed E-state index contributed by atoms with van der Waals surface area (Å²) in [5, 5.41) is 0.